The normalized spacial score (nSPS) is 12.9. The Morgan fingerprint density at radius 1 is 1.04 bits per heavy atom. The summed E-state index contributed by atoms with van der Waals surface area (Å²) in [6.45, 7) is 7.87. The molecule has 248 valence electrons. The molecule has 0 aliphatic heterocycles. The van der Waals surface area contributed by atoms with Crippen LogP contribution in [-0.2, 0) is 32.7 Å². The van der Waals surface area contributed by atoms with Crippen molar-refractivity contribution in [3.8, 4) is 0 Å². The zero-order chi connectivity index (χ0) is 34.1. The number of benzene rings is 2. The van der Waals surface area contributed by atoms with Gasteiger partial charge in [0.2, 0.25) is 0 Å². The van der Waals surface area contributed by atoms with Crippen molar-refractivity contribution in [1.82, 2.24) is 14.5 Å². The molecule has 4 aromatic rings. The van der Waals surface area contributed by atoms with Crippen LogP contribution in [0.5, 0.6) is 0 Å². The number of ether oxygens (including phenoxy) is 2. The largest absolute Gasteiger partial charge is 0.466 e. The standard InChI is InChI=1S/C34H42N8O5/c1-6-46-30(43)16-18-42(28-9-7-8-17-37-28)33(44)24-12-15-27-26(19-24)40-29(41(27)5)20-38-25-13-10-23(11-14-25)32(36)39-22(4)47-34(45)31(35)21(2)3/h7-15,17,19,21-22,31,38H,6,16,18,20,35H2,1-5H3,(H2,36,39). The van der Waals surface area contributed by atoms with Crippen LogP contribution in [0.4, 0.5) is 11.5 Å². The lowest BCUT2D eigenvalue weighted by atomic mass is 10.1. The van der Waals surface area contributed by atoms with Crippen molar-refractivity contribution < 1.29 is 23.9 Å². The van der Waals surface area contributed by atoms with Gasteiger partial charge in [-0.3, -0.25) is 19.3 Å². The highest BCUT2D eigenvalue weighted by atomic mass is 16.6. The highest BCUT2D eigenvalue weighted by molar-refractivity contribution is 6.07. The quantitative estimate of drug-likeness (QED) is 0.104. The Hall–Kier alpha value is -5.30. The van der Waals surface area contributed by atoms with Gasteiger partial charge in [0.05, 0.1) is 30.6 Å². The van der Waals surface area contributed by atoms with E-state index in [9.17, 15) is 14.4 Å². The number of carbonyl (C=O) groups is 3. The number of hydrogen-bond acceptors (Lipinski definition) is 10. The molecule has 13 nitrogen and oxygen atoms in total. The number of aryl methyl sites for hydroxylation is 1. The van der Waals surface area contributed by atoms with Gasteiger partial charge in [0.15, 0.2) is 6.23 Å². The number of rotatable bonds is 14. The highest BCUT2D eigenvalue weighted by Crippen LogP contribution is 2.21. The summed E-state index contributed by atoms with van der Waals surface area (Å²) in [6.07, 6.45) is 0.865. The second-order valence-electron chi connectivity index (χ2n) is 11.2. The van der Waals surface area contributed by atoms with Crippen molar-refractivity contribution >= 4 is 46.2 Å². The monoisotopic (exact) mass is 642 g/mol. The number of aromatic nitrogens is 3. The van der Waals surface area contributed by atoms with E-state index in [1.165, 1.54) is 4.90 Å². The summed E-state index contributed by atoms with van der Waals surface area (Å²) in [5, 5.41) is 3.36. The minimum absolute atomic E-state index is 0.0420. The van der Waals surface area contributed by atoms with Crippen molar-refractivity contribution in [1.29, 1.82) is 0 Å². The maximum absolute atomic E-state index is 13.6. The molecule has 2 unspecified atom stereocenters. The fraction of sp³-hybridized carbons (Fsp3) is 0.353. The first-order valence-electron chi connectivity index (χ1n) is 15.5. The summed E-state index contributed by atoms with van der Waals surface area (Å²) in [4.78, 5) is 52.6. The number of carbonyl (C=O) groups excluding carboxylic acids is 3. The zero-order valence-electron chi connectivity index (χ0n) is 27.3. The van der Waals surface area contributed by atoms with Crippen molar-refractivity contribution in [2.75, 3.05) is 23.4 Å². The molecule has 0 aliphatic rings. The van der Waals surface area contributed by atoms with Crippen LogP contribution in [0.25, 0.3) is 11.0 Å². The molecule has 2 heterocycles. The van der Waals surface area contributed by atoms with Crippen molar-refractivity contribution in [3.05, 3.63) is 83.8 Å². The van der Waals surface area contributed by atoms with Gasteiger partial charge in [0.1, 0.15) is 23.5 Å². The van der Waals surface area contributed by atoms with E-state index in [2.05, 4.69) is 15.3 Å². The van der Waals surface area contributed by atoms with Crippen molar-refractivity contribution in [2.45, 2.75) is 52.9 Å². The third-order valence-corrected chi connectivity index (χ3v) is 7.47. The second kappa shape index (κ2) is 15.8. The lowest BCUT2D eigenvalue weighted by molar-refractivity contribution is -0.150. The summed E-state index contributed by atoms with van der Waals surface area (Å²) >= 11 is 0. The molecular weight excluding hydrogens is 600 g/mol. The van der Waals surface area contributed by atoms with Gasteiger partial charge in [0, 0.05) is 36.6 Å². The minimum Gasteiger partial charge on any atom is -0.466 e. The molecule has 4 rings (SSSR count). The van der Waals surface area contributed by atoms with Crippen LogP contribution in [0.2, 0.25) is 0 Å². The molecule has 0 fully saturated rings. The Balaban J connectivity index is 1.43. The first-order valence-corrected chi connectivity index (χ1v) is 15.5. The van der Waals surface area contributed by atoms with Crippen LogP contribution in [-0.4, -0.2) is 63.6 Å². The number of nitrogens with one attached hydrogen (secondary N) is 1. The maximum Gasteiger partial charge on any atom is 0.325 e. The number of imidazole rings is 1. The maximum atomic E-state index is 13.6. The number of nitrogens with zero attached hydrogens (tertiary/aromatic N) is 5. The van der Waals surface area contributed by atoms with Crippen LogP contribution in [0.3, 0.4) is 0 Å². The Morgan fingerprint density at radius 2 is 1.77 bits per heavy atom. The Labute approximate surface area is 274 Å². The van der Waals surface area contributed by atoms with Crippen LogP contribution in [0.1, 0.15) is 55.9 Å². The van der Waals surface area contributed by atoms with Gasteiger partial charge in [0.25, 0.3) is 5.91 Å². The van der Waals surface area contributed by atoms with Crippen LogP contribution in [0.15, 0.2) is 71.9 Å². The Morgan fingerprint density at radius 3 is 2.43 bits per heavy atom. The fourth-order valence-corrected chi connectivity index (χ4v) is 4.72. The van der Waals surface area contributed by atoms with Crippen LogP contribution >= 0.6 is 0 Å². The summed E-state index contributed by atoms with van der Waals surface area (Å²) < 4.78 is 12.3. The molecule has 0 bridgehead atoms. The summed E-state index contributed by atoms with van der Waals surface area (Å²) in [5.74, 6) is 0.180. The number of esters is 2. The number of anilines is 2. The number of aliphatic imine (C=N–C) groups is 1. The SMILES string of the molecule is CCOC(=O)CCN(C(=O)c1ccc2c(c1)nc(CNc1ccc(/C(N)=N/C(C)OC(=O)C(N)C(C)C)cc1)n2C)c1ccccn1. The first kappa shape index (κ1) is 34.6. The van der Waals surface area contributed by atoms with Gasteiger partial charge < -0.3 is 30.8 Å². The summed E-state index contributed by atoms with van der Waals surface area (Å²) in [7, 11) is 1.91. The zero-order valence-corrected chi connectivity index (χ0v) is 27.3. The van der Waals surface area contributed by atoms with E-state index in [-0.39, 0.29) is 43.2 Å². The van der Waals surface area contributed by atoms with Crippen molar-refractivity contribution in [3.63, 3.8) is 0 Å². The fourth-order valence-electron chi connectivity index (χ4n) is 4.72. The van der Waals surface area contributed by atoms with E-state index in [4.69, 9.17) is 25.9 Å². The highest BCUT2D eigenvalue weighted by Gasteiger charge is 2.22. The third-order valence-electron chi connectivity index (χ3n) is 7.47. The van der Waals surface area contributed by atoms with E-state index in [0.29, 0.717) is 29.0 Å². The molecule has 0 saturated heterocycles. The summed E-state index contributed by atoms with van der Waals surface area (Å²) in [6, 6.07) is 17.3. The van der Waals surface area contributed by atoms with Crippen LogP contribution < -0.4 is 21.7 Å². The van der Waals surface area contributed by atoms with E-state index in [1.807, 2.05) is 55.8 Å². The van der Waals surface area contributed by atoms with Gasteiger partial charge in [-0.25, -0.2) is 15.0 Å². The molecule has 1 amide bonds. The predicted octanol–water partition coefficient (Wildman–Crippen LogP) is 3.76. The number of pyridine rings is 1. The molecular formula is C34H42N8O5. The van der Waals surface area contributed by atoms with E-state index in [0.717, 1.165) is 17.0 Å². The lowest BCUT2D eigenvalue weighted by Crippen LogP contribution is -2.38. The molecule has 13 heteroatoms. The average molecular weight is 643 g/mol. The smallest absolute Gasteiger partial charge is 0.325 e. The number of amides is 1. The first-order chi connectivity index (χ1) is 22.5. The van der Waals surface area contributed by atoms with E-state index in [1.54, 1.807) is 50.4 Å². The third kappa shape index (κ3) is 8.91. The molecule has 0 saturated carbocycles. The lowest BCUT2D eigenvalue weighted by Gasteiger charge is -2.21. The Kier molecular flexibility index (Phi) is 11.6. The number of nitrogens with two attached hydrogens (primary N) is 2. The van der Waals surface area contributed by atoms with Gasteiger partial charge in [-0.05, 0) is 74.4 Å². The molecule has 2 aromatic carbocycles. The minimum atomic E-state index is -0.777. The van der Waals surface area contributed by atoms with Crippen LogP contribution in [0, 0.1) is 5.92 Å². The number of amidine groups is 1. The van der Waals surface area contributed by atoms with Gasteiger partial charge >= 0.3 is 11.9 Å². The second-order valence-corrected chi connectivity index (χ2v) is 11.2. The topological polar surface area (TPSA) is 180 Å². The summed E-state index contributed by atoms with van der Waals surface area (Å²) in [5.41, 5.74) is 15.4. The molecule has 0 aliphatic carbocycles. The van der Waals surface area contributed by atoms with E-state index >= 15 is 0 Å². The van der Waals surface area contributed by atoms with Gasteiger partial charge in [-0.2, -0.15) is 0 Å². The van der Waals surface area contributed by atoms with Gasteiger partial charge in [-0.1, -0.05) is 19.9 Å². The van der Waals surface area contributed by atoms with Gasteiger partial charge in [-0.15, -0.1) is 0 Å². The molecule has 2 aromatic heterocycles. The van der Waals surface area contributed by atoms with Crippen molar-refractivity contribution in [2.24, 2.45) is 29.4 Å². The molecule has 2 atom stereocenters. The Bertz CT molecular complexity index is 1720. The van der Waals surface area contributed by atoms with E-state index < -0.39 is 18.2 Å². The molecule has 5 N–H and O–H groups in total. The number of hydrogen-bond donors (Lipinski definition) is 3. The molecule has 47 heavy (non-hydrogen) atoms. The number of fused-ring (bicyclic) bond motifs is 1. The molecule has 0 radical (unpaired) electrons. The predicted molar refractivity (Wildman–Crippen MR) is 181 cm³/mol. The average Bonchev–Trinajstić information content (AvgIpc) is 3.38. The molecule has 0 spiro atoms.